The van der Waals surface area contributed by atoms with Crippen molar-refractivity contribution >= 4 is 21.8 Å². The first-order chi connectivity index (χ1) is 11.9. The summed E-state index contributed by atoms with van der Waals surface area (Å²) in [5.41, 5.74) is 5.43. The molecule has 0 radical (unpaired) electrons. The number of unbranched alkanes of at least 4 members (excludes halogenated alkanes) is 1. The Labute approximate surface area is 148 Å². The predicted octanol–water partition coefficient (Wildman–Crippen LogP) is 1.10. The van der Waals surface area contributed by atoms with Crippen LogP contribution in [0, 0.1) is 5.92 Å². The van der Waals surface area contributed by atoms with Crippen molar-refractivity contribution in [2.75, 3.05) is 19.6 Å². The lowest BCUT2D eigenvalue weighted by molar-refractivity contribution is -0.126. The Morgan fingerprint density at radius 3 is 2.32 bits per heavy atom. The fraction of sp³-hybridized carbons (Fsp3) is 0.529. The molecular weight excluding hydrogens is 342 g/mol. The van der Waals surface area contributed by atoms with E-state index in [1.54, 1.807) is 0 Å². The molecule has 8 heteroatoms. The summed E-state index contributed by atoms with van der Waals surface area (Å²) >= 11 is 0. The van der Waals surface area contributed by atoms with E-state index in [1.165, 1.54) is 28.6 Å². The molecule has 1 aromatic carbocycles. The molecule has 138 valence electrons. The molecule has 2 rings (SSSR count). The van der Waals surface area contributed by atoms with Crippen molar-refractivity contribution in [2.45, 2.75) is 37.5 Å². The first-order valence-electron chi connectivity index (χ1n) is 8.54. The van der Waals surface area contributed by atoms with Crippen LogP contribution >= 0.6 is 0 Å². The van der Waals surface area contributed by atoms with Gasteiger partial charge in [0.05, 0.1) is 4.90 Å². The smallest absolute Gasteiger partial charge is 0.248 e. The third-order valence-corrected chi connectivity index (χ3v) is 6.34. The number of hydrogen-bond donors (Lipinski definition) is 2. The Bertz CT molecular complexity index is 708. The Morgan fingerprint density at radius 2 is 1.80 bits per heavy atom. The molecule has 0 saturated carbocycles. The third-order valence-electron chi connectivity index (χ3n) is 4.43. The first kappa shape index (κ1) is 19.4. The lowest BCUT2D eigenvalue weighted by atomic mass is 9.97. The largest absolute Gasteiger partial charge is 0.366 e. The summed E-state index contributed by atoms with van der Waals surface area (Å²) in [4.78, 5) is 23.3. The number of hydrogen-bond acceptors (Lipinski definition) is 4. The molecule has 1 fully saturated rings. The Hall–Kier alpha value is -1.93. The summed E-state index contributed by atoms with van der Waals surface area (Å²) in [7, 11) is -3.63. The highest BCUT2D eigenvalue weighted by Gasteiger charge is 2.31. The van der Waals surface area contributed by atoms with Crippen LogP contribution in [-0.4, -0.2) is 44.2 Å². The maximum Gasteiger partial charge on any atom is 0.248 e. The number of carbonyl (C=O) groups excluding carboxylic acids is 2. The van der Waals surface area contributed by atoms with Crippen molar-refractivity contribution in [1.29, 1.82) is 0 Å². The normalized spacial score (nSPS) is 16.5. The molecule has 2 amide bonds. The zero-order chi connectivity index (χ0) is 18.4. The molecule has 25 heavy (non-hydrogen) atoms. The minimum Gasteiger partial charge on any atom is -0.366 e. The number of nitrogens with two attached hydrogens (primary N) is 1. The summed E-state index contributed by atoms with van der Waals surface area (Å²) in [6, 6.07) is 5.59. The second-order valence-corrected chi connectivity index (χ2v) is 8.15. The highest BCUT2D eigenvalue weighted by molar-refractivity contribution is 7.89. The van der Waals surface area contributed by atoms with Crippen LogP contribution in [0.5, 0.6) is 0 Å². The molecule has 0 aliphatic carbocycles. The third kappa shape index (κ3) is 4.79. The zero-order valence-electron chi connectivity index (χ0n) is 14.4. The van der Waals surface area contributed by atoms with Crippen molar-refractivity contribution in [3.63, 3.8) is 0 Å². The number of benzene rings is 1. The van der Waals surface area contributed by atoms with Gasteiger partial charge in [0.2, 0.25) is 21.8 Å². The standard InChI is InChI=1S/C17H25N3O4S/c1-2-3-10-19-17(22)14-8-11-20(12-9-14)25(23,24)15-6-4-13(5-7-15)16(18)21/h4-7,14H,2-3,8-12H2,1H3,(H2,18,21)(H,19,22). The van der Waals surface area contributed by atoms with Crippen LogP contribution in [0.2, 0.25) is 0 Å². The van der Waals surface area contributed by atoms with E-state index in [1.807, 2.05) is 0 Å². The van der Waals surface area contributed by atoms with Gasteiger partial charge < -0.3 is 11.1 Å². The molecule has 7 nitrogen and oxygen atoms in total. The number of primary amides is 1. The lowest BCUT2D eigenvalue weighted by Gasteiger charge is -2.30. The quantitative estimate of drug-likeness (QED) is 0.703. The van der Waals surface area contributed by atoms with Crippen LogP contribution < -0.4 is 11.1 Å². The van der Waals surface area contributed by atoms with Gasteiger partial charge in [-0.05, 0) is 43.5 Å². The van der Waals surface area contributed by atoms with Gasteiger partial charge in [0, 0.05) is 31.1 Å². The topological polar surface area (TPSA) is 110 Å². The van der Waals surface area contributed by atoms with Gasteiger partial charge in [0.25, 0.3) is 0 Å². The monoisotopic (exact) mass is 367 g/mol. The van der Waals surface area contributed by atoms with Crippen LogP contribution in [0.15, 0.2) is 29.2 Å². The van der Waals surface area contributed by atoms with Crippen LogP contribution in [0.25, 0.3) is 0 Å². The van der Waals surface area contributed by atoms with Gasteiger partial charge in [-0.1, -0.05) is 13.3 Å². The van der Waals surface area contributed by atoms with Gasteiger partial charge in [-0.2, -0.15) is 4.31 Å². The van der Waals surface area contributed by atoms with Gasteiger partial charge in [0.1, 0.15) is 0 Å². The zero-order valence-corrected chi connectivity index (χ0v) is 15.2. The summed E-state index contributed by atoms with van der Waals surface area (Å²) in [6.07, 6.45) is 2.99. The second kappa shape index (κ2) is 8.44. The fourth-order valence-corrected chi connectivity index (χ4v) is 4.30. The van der Waals surface area contributed by atoms with E-state index in [0.29, 0.717) is 32.5 Å². The van der Waals surface area contributed by atoms with Crippen molar-refractivity contribution < 1.29 is 18.0 Å². The first-order valence-corrected chi connectivity index (χ1v) is 9.98. The molecule has 3 N–H and O–H groups in total. The second-order valence-electron chi connectivity index (χ2n) is 6.21. The van der Waals surface area contributed by atoms with Gasteiger partial charge in [-0.15, -0.1) is 0 Å². The number of sulfonamides is 1. The molecule has 0 unspecified atom stereocenters. The molecule has 1 aliphatic heterocycles. The van der Waals surface area contributed by atoms with Gasteiger partial charge in [-0.25, -0.2) is 8.42 Å². The highest BCUT2D eigenvalue weighted by Crippen LogP contribution is 2.24. The molecule has 0 bridgehead atoms. The Balaban J connectivity index is 1.96. The number of piperidine rings is 1. The van der Waals surface area contributed by atoms with Crippen LogP contribution in [-0.2, 0) is 14.8 Å². The SMILES string of the molecule is CCCCNC(=O)C1CCN(S(=O)(=O)c2ccc(C(N)=O)cc2)CC1. The van der Waals surface area contributed by atoms with E-state index in [-0.39, 0.29) is 22.3 Å². The maximum absolute atomic E-state index is 12.7. The summed E-state index contributed by atoms with van der Waals surface area (Å²) in [5.74, 6) is -0.726. The van der Waals surface area contributed by atoms with Crippen molar-refractivity contribution in [3.05, 3.63) is 29.8 Å². The summed E-state index contributed by atoms with van der Waals surface area (Å²) < 4.78 is 26.7. The number of rotatable bonds is 7. The lowest BCUT2D eigenvalue weighted by Crippen LogP contribution is -2.43. The molecule has 0 atom stereocenters. The average molecular weight is 367 g/mol. The van der Waals surface area contributed by atoms with Crippen molar-refractivity contribution in [2.24, 2.45) is 11.7 Å². The van der Waals surface area contributed by atoms with E-state index in [4.69, 9.17) is 5.73 Å². The highest BCUT2D eigenvalue weighted by atomic mass is 32.2. The predicted molar refractivity (Wildman–Crippen MR) is 94.4 cm³/mol. The molecule has 0 spiro atoms. The molecular formula is C17H25N3O4S. The fourth-order valence-electron chi connectivity index (χ4n) is 2.83. The number of nitrogens with zero attached hydrogens (tertiary/aromatic N) is 1. The summed E-state index contributed by atoms with van der Waals surface area (Å²) in [5, 5.41) is 2.90. The molecule has 1 heterocycles. The Kier molecular flexibility index (Phi) is 6.55. The van der Waals surface area contributed by atoms with Crippen molar-refractivity contribution in [1.82, 2.24) is 9.62 Å². The van der Waals surface area contributed by atoms with Crippen LogP contribution in [0.3, 0.4) is 0 Å². The Morgan fingerprint density at radius 1 is 1.20 bits per heavy atom. The van der Waals surface area contributed by atoms with Gasteiger partial charge in [-0.3, -0.25) is 9.59 Å². The molecule has 1 saturated heterocycles. The molecule has 1 aromatic rings. The van der Waals surface area contributed by atoms with Crippen LogP contribution in [0.1, 0.15) is 43.0 Å². The minimum absolute atomic E-state index is 0.0105. The van der Waals surface area contributed by atoms with E-state index in [2.05, 4.69) is 12.2 Å². The number of carbonyl (C=O) groups is 2. The van der Waals surface area contributed by atoms with Crippen molar-refractivity contribution in [3.8, 4) is 0 Å². The van der Waals surface area contributed by atoms with Gasteiger partial charge >= 0.3 is 0 Å². The van der Waals surface area contributed by atoms with Gasteiger partial charge in [0.15, 0.2) is 0 Å². The van der Waals surface area contributed by atoms with E-state index >= 15 is 0 Å². The molecule has 1 aliphatic rings. The van der Waals surface area contributed by atoms with Crippen LogP contribution in [0.4, 0.5) is 0 Å². The number of amides is 2. The maximum atomic E-state index is 12.7. The van der Waals surface area contributed by atoms with E-state index in [9.17, 15) is 18.0 Å². The van der Waals surface area contributed by atoms with E-state index in [0.717, 1.165) is 12.8 Å². The number of nitrogens with one attached hydrogen (secondary N) is 1. The average Bonchev–Trinajstić information content (AvgIpc) is 2.62. The van der Waals surface area contributed by atoms with E-state index < -0.39 is 15.9 Å². The minimum atomic E-state index is -3.63. The summed E-state index contributed by atoms with van der Waals surface area (Å²) in [6.45, 7) is 3.35. The molecule has 0 aromatic heterocycles.